The first kappa shape index (κ1) is 22.1. The predicted molar refractivity (Wildman–Crippen MR) is 110 cm³/mol. The first-order chi connectivity index (χ1) is 14.0. The molecule has 0 saturated heterocycles. The van der Waals surface area contributed by atoms with E-state index in [0.29, 0.717) is 31.2 Å². The number of carbonyl (C=O) groups excluding carboxylic acids is 2. The molecule has 2 rings (SSSR count). The molecule has 0 atom stereocenters. The lowest BCUT2D eigenvalue weighted by Gasteiger charge is -2.12. The van der Waals surface area contributed by atoms with E-state index in [1.54, 1.807) is 12.1 Å². The maximum atomic E-state index is 12.2. The Kier molecular flexibility index (Phi) is 8.82. The molecule has 0 saturated carbocycles. The fourth-order valence-electron chi connectivity index (χ4n) is 2.65. The molecule has 0 bridgehead atoms. The van der Waals surface area contributed by atoms with E-state index in [-0.39, 0.29) is 24.8 Å². The summed E-state index contributed by atoms with van der Waals surface area (Å²) in [6, 6.07) is 12.8. The Morgan fingerprint density at radius 3 is 2.24 bits per heavy atom. The molecule has 0 radical (unpaired) electrons. The maximum Gasteiger partial charge on any atom is 0.257 e. The highest BCUT2D eigenvalue weighted by Crippen LogP contribution is 2.28. The molecule has 0 aliphatic carbocycles. The molecule has 2 aromatic rings. The minimum absolute atomic E-state index is 0.0790. The van der Waals surface area contributed by atoms with Gasteiger partial charge < -0.3 is 24.8 Å². The first-order valence-electron chi connectivity index (χ1n) is 9.60. The van der Waals surface area contributed by atoms with Crippen molar-refractivity contribution in [3.63, 3.8) is 0 Å². The van der Waals surface area contributed by atoms with Crippen molar-refractivity contribution in [2.24, 2.45) is 0 Å². The van der Waals surface area contributed by atoms with E-state index in [9.17, 15) is 9.59 Å². The fourth-order valence-corrected chi connectivity index (χ4v) is 2.65. The number of hydrogen-bond donors (Lipinski definition) is 2. The Morgan fingerprint density at radius 2 is 1.59 bits per heavy atom. The van der Waals surface area contributed by atoms with Crippen LogP contribution >= 0.6 is 0 Å². The number of nitrogens with one attached hydrogen (secondary N) is 2. The third-order valence-electron chi connectivity index (χ3n) is 4.05. The summed E-state index contributed by atoms with van der Waals surface area (Å²) in [6.07, 6.45) is 0.289. The van der Waals surface area contributed by atoms with E-state index >= 15 is 0 Å². The molecule has 0 unspecified atom stereocenters. The average Bonchev–Trinajstić information content (AvgIpc) is 2.73. The normalized spacial score (nSPS) is 10.2. The van der Waals surface area contributed by atoms with Crippen LogP contribution in [0.3, 0.4) is 0 Å². The minimum atomic E-state index is -0.194. The van der Waals surface area contributed by atoms with E-state index in [0.717, 1.165) is 16.9 Å². The molecule has 29 heavy (non-hydrogen) atoms. The standard InChI is InChI=1S/C22H28N2O5/c1-4-23-22(26)15-29-19-11-8-17(12-20(19)27-3)14-24-21(25)13-16-6-9-18(10-7-16)28-5-2/h6-12H,4-5,13-15H2,1-3H3,(H,23,26)(H,24,25). The minimum Gasteiger partial charge on any atom is -0.494 e. The average molecular weight is 400 g/mol. The molecule has 2 N–H and O–H groups in total. The van der Waals surface area contributed by atoms with Crippen LogP contribution in [-0.2, 0) is 22.6 Å². The second-order valence-electron chi connectivity index (χ2n) is 6.26. The lowest BCUT2D eigenvalue weighted by Crippen LogP contribution is -2.28. The number of carbonyl (C=O) groups is 2. The number of likely N-dealkylation sites (N-methyl/N-ethyl adjacent to an activating group) is 1. The van der Waals surface area contributed by atoms with Gasteiger partial charge in [-0.05, 0) is 49.2 Å². The Labute approximate surface area is 171 Å². The van der Waals surface area contributed by atoms with Crippen LogP contribution in [0.1, 0.15) is 25.0 Å². The van der Waals surface area contributed by atoms with Gasteiger partial charge in [0.25, 0.3) is 5.91 Å². The maximum absolute atomic E-state index is 12.2. The van der Waals surface area contributed by atoms with Crippen molar-refractivity contribution in [1.29, 1.82) is 0 Å². The quantitative estimate of drug-likeness (QED) is 0.605. The second-order valence-corrected chi connectivity index (χ2v) is 6.26. The van der Waals surface area contributed by atoms with Gasteiger partial charge in [-0.1, -0.05) is 18.2 Å². The van der Waals surface area contributed by atoms with Gasteiger partial charge in [0, 0.05) is 13.1 Å². The lowest BCUT2D eigenvalue weighted by atomic mass is 10.1. The van der Waals surface area contributed by atoms with E-state index in [1.165, 1.54) is 7.11 Å². The van der Waals surface area contributed by atoms with Crippen LogP contribution in [0, 0.1) is 0 Å². The van der Waals surface area contributed by atoms with Crippen LogP contribution in [0.5, 0.6) is 17.2 Å². The summed E-state index contributed by atoms with van der Waals surface area (Å²) in [5, 5.41) is 5.56. The van der Waals surface area contributed by atoms with Gasteiger partial charge in [0.2, 0.25) is 5.91 Å². The molecule has 0 aliphatic rings. The molecule has 0 aliphatic heterocycles. The fraction of sp³-hybridized carbons (Fsp3) is 0.364. The predicted octanol–water partition coefficient (Wildman–Crippen LogP) is 2.47. The zero-order chi connectivity index (χ0) is 21.1. The Bertz CT molecular complexity index is 805. The summed E-state index contributed by atoms with van der Waals surface area (Å²) in [5.74, 6) is 1.50. The van der Waals surface area contributed by atoms with Crippen LogP contribution in [-0.4, -0.2) is 38.7 Å². The van der Waals surface area contributed by atoms with Gasteiger partial charge in [-0.15, -0.1) is 0 Å². The van der Waals surface area contributed by atoms with Gasteiger partial charge in [0.1, 0.15) is 5.75 Å². The van der Waals surface area contributed by atoms with Crippen LogP contribution in [0.15, 0.2) is 42.5 Å². The number of amides is 2. The largest absolute Gasteiger partial charge is 0.494 e. The number of hydrogen-bond acceptors (Lipinski definition) is 5. The van der Waals surface area contributed by atoms with Gasteiger partial charge in [0.15, 0.2) is 18.1 Å². The van der Waals surface area contributed by atoms with Crippen molar-refractivity contribution in [1.82, 2.24) is 10.6 Å². The zero-order valence-electron chi connectivity index (χ0n) is 17.1. The van der Waals surface area contributed by atoms with Crippen molar-refractivity contribution in [3.8, 4) is 17.2 Å². The Hall–Kier alpha value is -3.22. The SMILES string of the molecule is CCNC(=O)COc1ccc(CNC(=O)Cc2ccc(OCC)cc2)cc1OC. The Balaban J connectivity index is 1.87. The first-order valence-corrected chi connectivity index (χ1v) is 9.60. The van der Waals surface area contributed by atoms with Crippen LogP contribution in [0.2, 0.25) is 0 Å². The summed E-state index contributed by atoms with van der Waals surface area (Å²) >= 11 is 0. The highest BCUT2D eigenvalue weighted by molar-refractivity contribution is 5.78. The Morgan fingerprint density at radius 1 is 0.862 bits per heavy atom. The van der Waals surface area contributed by atoms with E-state index in [4.69, 9.17) is 14.2 Å². The number of ether oxygens (including phenoxy) is 3. The van der Waals surface area contributed by atoms with Crippen LogP contribution < -0.4 is 24.8 Å². The highest BCUT2D eigenvalue weighted by Gasteiger charge is 2.10. The molecular weight excluding hydrogens is 372 g/mol. The van der Waals surface area contributed by atoms with Gasteiger partial charge in [-0.25, -0.2) is 0 Å². The molecule has 7 heteroatoms. The van der Waals surface area contributed by atoms with Gasteiger partial charge >= 0.3 is 0 Å². The van der Waals surface area contributed by atoms with Crippen molar-refractivity contribution in [2.45, 2.75) is 26.8 Å². The smallest absolute Gasteiger partial charge is 0.257 e. The van der Waals surface area contributed by atoms with E-state index in [2.05, 4.69) is 10.6 Å². The number of rotatable bonds is 11. The lowest BCUT2D eigenvalue weighted by molar-refractivity contribution is -0.123. The van der Waals surface area contributed by atoms with Crippen molar-refractivity contribution in [3.05, 3.63) is 53.6 Å². The summed E-state index contributed by atoms with van der Waals surface area (Å²) in [5.41, 5.74) is 1.78. The summed E-state index contributed by atoms with van der Waals surface area (Å²) < 4.78 is 16.2. The van der Waals surface area contributed by atoms with E-state index in [1.807, 2.05) is 44.2 Å². The van der Waals surface area contributed by atoms with Crippen molar-refractivity contribution in [2.75, 3.05) is 26.9 Å². The van der Waals surface area contributed by atoms with E-state index < -0.39 is 0 Å². The number of methoxy groups -OCH3 is 1. The molecule has 156 valence electrons. The molecule has 7 nitrogen and oxygen atoms in total. The van der Waals surface area contributed by atoms with Crippen LogP contribution in [0.4, 0.5) is 0 Å². The third kappa shape index (κ3) is 7.37. The molecule has 2 aromatic carbocycles. The molecule has 2 amide bonds. The highest BCUT2D eigenvalue weighted by atomic mass is 16.5. The van der Waals surface area contributed by atoms with Crippen molar-refractivity contribution >= 4 is 11.8 Å². The van der Waals surface area contributed by atoms with Gasteiger partial charge in [-0.3, -0.25) is 9.59 Å². The summed E-state index contributed by atoms with van der Waals surface area (Å²) in [4.78, 5) is 23.7. The topological polar surface area (TPSA) is 85.9 Å². The number of benzene rings is 2. The molecule has 0 spiro atoms. The van der Waals surface area contributed by atoms with Crippen molar-refractivity contribution < 1.29 is 23.8 Å². The molecule has 0 heterocycles. The summed E-state index contributed by atoms with van der Waals surface area (Å²) in [7, 11) is 1.53. The van der Waals surface area contributed by atoms with Gasteiger partial charge in [-0.2, -0.15) is 0 Å². The second kappa shape index (κ2) is 11.6. The molecule has 0 aromatic heterocycles. The summed E-state index contributed by atoms with van der Waals surface area (Å²) in [6.45, 7) is 5.22. The monoisotopic (exact) mass is 400 g/mol. The molecular formula is C22H28N2O5. The molecule has 0 fully saturated rings. The van der Waals surface area contributed by atoms with Gasteiger partial charge in [0.05, 0.1) is 20.1 Å². The third-order valence-corrected chi connectivity index (χ3v) is 4.05. The van der Waals surface area contributed by atoms with Crippen LogP contribution in [0.25, 0.3) is 0 Å². The zero-order valence-corrected chi connectivity index (χ0v) is 17.1.